The second-order valence-corrected chi connectivity index (χ2v) is 6.85. The standard InChI is InChI=1S/C16H24N2O4/c19-14-3-1-2-6-18(14)10-11-4-7-17(8-5-11)15(20)12-9-13(12)16(21)22/h11-13H,1-10H2,(H,21,22)/t12-,13-/m0/s1. The number of carbonyl (C=O) groups is 3. The van der Waals surface area contributed by atoms with Crippen LogP contribution in [0.4, 0.5) is 0 Å². The summed E-state index contributed by atoms with van der Waals surface area (Å²) in [5.41, 5.74) is 0. The Morgan fingerprint density at radius 2 is 1.82 bits per heavy atom. The van der Waals surface area contributed by atoms with Crippen molar-refractivity contribution in [2.75, 3.05) is 26.2 Å². The first kappa shape index (κ1) is 15.3. The molecule has 3 fully saturated rings. The van der Waals surface area contributed by atoms with E-state index in [9.17, 15) is 14.4 Å². The number of carboxylic acids is 1. The van der Waals surface area contributed by atoms with Gasteiger partial charge in [0.25, 0.3) is 0 Å². The highest BCUT2D eigenvalue weighted by Crippen LogP contribution is 2.40. The predicted octanol–water partition coefficient (Wildman–Crippen LogP) is 0.958. The summed E-state index contributed by atoms with van der Waals surface area (Å²) in [7, 11) is 0. The molecule has 0 radical (unpaired) electrons. The van der Waals surface area contributed by atoms with Crippen LogP contribution in [0.3, 0.4) is 0 Å². The largest absolute Gasteiger partial charge is 0.481 e. The van der Waals surface area contributed by atoms with Crippen LogP contribution in [0.1, 0.15) is 38.5 Å². The molecular weight excluding hydrogens is 284 g/mol. The molecule has 0 unspecified atom stereocenters. The second kappa shape index (κ2) is 6.26. The van der Waals surface area contributed by atoms with Crippen LogP contribution in [0.15, 0.2) is 0 Å². The number of carboxylic acid groups (broad SMARTS) is 1. The van der Waals surface area contributed by atoms with Gasteiger partial charge in [-0.25, -0.2) is 0 Å². The van der Waals surface area contributed by atoms with Crippen LogP contribution in [0.2, 0.25) is 0 Å². The van der Waals surface area contributed by atoms with Crippen LogP contribution in [0, 0.1) is 17.8 Å². The van der Waals surface area contributed by atoms with Gasteiger partial charge in [-0.3, -0.25) is 14.4 Å². The predicted molar refractivity (Wildman–Crippen MR) is 79.0 cm³/mol. The van der Waals surface area contributed by atoms with E-state index < -0.39 is 11.9 Å². The Labute approximate surface area is 130 Å². The number of likely N-dealkylation sites (tertiary alicyclic amines) is 2. The molecule has 2 aliphatic heterocycles. The first-order valence-corrected chi connectivity index (χ1v) is 8.35. The lowest BCUT2D eigenvalue weighted by atomic mass is 9.95. The van der Waals surface area contributed by atoms with Crippen LogP contribution in [-0.4, -0.2) is 58.9 Å². The van der Waals surface area contributed by atoms with E-state index in [0.29, 0.717) is 31.8 Å². The maximum Gasteiger partial charge on any atom is 0.307 e. The molecule has 0 aromatic carbocycles. The minimum Gasteiger partial charge on any atom is -0.481 e. The van der Waals surface area contributed by atoms with Crippen molar-refractivity contribution in [3.8, 4) is 0 Å². The van der Waals surface area contributed by atoms with Crippen LogP contribution >= 0.6 is 0 Å². The molecule has 1 saturated carbocycles. The summed E-state index contributed by atoms with van der Waals surface area (Å²) in [5, 5.41) is 8.91. The highest BCUT2D eigenvalue weighted by atomic mass is 16.4. The SMILES string of the molecule is O=C(O)[C@H]1C[C@@H]1C(=O)N1CCC(CN2CCCCC2=O)CC1. The van der Waals surface area contributed by atoms with E-state index in [1.807, 2.05) is 9.80 Å². The van der Waals surface area contributed by atoms with E-state index in [1.165, 1.54) is 0 Å². The van der Waals surface area contributed by atoms with Gasteiger partial charge in [0.1, 0.15) is 0 Å². The van der Waals surface area contributed by atoms with E-state index in [1.54, 1.807) is 0 Å². The lowest BCUT2D eigenvalue weighted by Gasteiger charge is -2.36. The zero-order chi connectivity index (χ0) is 15.7. The van der Waals surface area contributed by atoms with Gasteiger partial charge in [-0.2, -0.15) is 0 Å². The Bertz CT molecular complexity index is 471. The second-order valence-electron chi connectivity index (χ2n) is 6.85. The Hall–Kier alpha value is -1.59. The van der Waals surface area contributed by atoms with Crippen LogP contribution in [-0.2, 0) is 14.4 Å². The Morgan fingerprint density at radius 1 is 1.09 bits per heavy atom. The molecule has 122 valence electrons. The van der Waals surface area contributed by atoms with Crippen molar-refractivity contribution in [3.63, 3.8) is 0 Å². The van der Waals surface area contributed by atoms with Crippen molar-refractivity contribution >= 4 is 17.8 Å². The van der Waals surface area contributed by atoms with Crippen molar-refractivity contribution in [3.05, 3.63) is 0 Å². The van der Waals surface area contributed by atoms with Crippen LogP contribution < -0.4 is 0 Å². The maximum atomic E-state index is 12.2. The van der Waals surface area contributed by atoms with Crippen molar-refractivity contribution in [1.29, 1.82) is 0 Å². The van der Waals surface area contributed by atoms with Gasteiger partial charge in [0, 0.05) is 32.6 Å². The number of amides is 2. The topological polar surface area (TPSA) is 77.9 Å². The Kier molecular flexibility index (Phi) is 4.36. The number of nitrogens with zero attached hydrogens (tertiary/aromatic N) is 2. The van der Waals surface area contributed by atoms with E-state index in [2.05, 4.69) is 0 Å². The molecule has 0 bridgehead atoms. The smallest absolute Gasteiger partial charge is 0.307 e. The maximum absolute atomic E-state index is 12.2. The molecule has 6 nitrogen and oxygen atoms in total. The van der Waals surface area contributed by atoms with Gasteiger partial charge < -0.3 is 14.9 Å². The molecule has 2 heterocycles. The lowest BCUT2D eigenvalue weighted by Crippen LogP contribution is -2.44. The molecular formula is C16H24N2O4. The van der Waals surface area contributed by atoms with Crippen LogP contribution in [0.25, 0.3) is 0 Å². The number of rotatable bonds is 4. The monoisotopic (exact) mass is 308 g/mol. The number of hydrogen-bond acceptors (Lipinski definition) is 3. The first-order valence-electron chi connectivity index (χ1n) is 8.35. The van der Waals surface area contributed by atoms with Gasteiger partial charge in [-0.05, 0) is 38.0 Å². The molecule has 2 saturated heterocycles. The summed E-state index contributed by atoms with van der Waals surface area (Å²) in [5.74, 6) is -0.849. The minimum atomic E-state index is -0.850. The molecule has 2 amide bonds. The highest BCUT2D eigenvalue weighted by molar-refractivity contribution is 5.89. The molecule has 22 heavy (non-hydrogen) atoms. The zero-order valence-corrected chi connectivity index (χ0v) is 12.9. The fraction of sp³-hybridized carbons (Fsp3) is 0.812. The molecule has 0 aromatic heterocycles. The minimum absolute atomic E-state index is 0.0138. The molecule has 3 aliphatic rings. The molecule has 0 aromatic rings. The average molecular weight is 308 g/mol. The summed E-state index contributed by atoms with van der Waals surface area (Å²) in [6, 6.07) is 0. The van der Waals surface area contributed by atoms with Gasteiger partial charge in [0.15, 0.2) is 0 Å². The van der Waals surface area contributed by atoms with Gasteiger partial charge in [-0.1, -0.05) is 0 Å². The van der Waals surface area contributed by atoms with Crippen molar-refractivity contribution in [2.45, 2.75) is 38.5 Å². The molecule has 3 rings (SSSR count). The summed E-state index contributed by atoms with van der Waals surface area (Å²) in [4.78, 5) is 38.7. The third kappa shape index (κ3) is 3.25. The summed E-state index contributed by atoms with van der Waals surface area (Å²) in [6.45, 7) is 3.10. The van der Waals surface area contributed by atoms with Crippen molar-refractivity contribution in [2.24, 2.45) is 17.8 Å². The normalized spacial score (nSPS) is 29.5. The number of hydrogen-bond donors (Lipinski definition) is 1. The number of aliphatic carboxylic acids is 1. The first-order chi connectivity index (χ1) is 10.6. The molecule has 1 aliphatic carbocycles. The summed E-state index contributed by atoms with van der Waals surface area (Å²) >= 11 is 0. The van der Waals surface area contributed by atoms with E-state index in [0.717, 1.165) is 38.8 Å². The highest BCUT2D eigenvalue weighted by Gasteiger charge is 2.50. The average Bonchev–Trinajstić information content (AvgIpc) is 3.30. The fourth-order valence-electron chi connectivity index (χ4n) is 3.68. The van der Waals surface area contributed by atoms with E-state index >= 15 is 0 Å². The van der Waals surface area contributed by atoms with Gasteiger partial charge in [0.05, 0.1) is 11.8 Å². The van der Waals surface area contributed by atoms with E-state index in [-0.39, 0.29) is 17.7 Å². The van der Waals surface area contributed by atoms with Crippen LogP contribution in [0.5, 0.6) is 0 Å². The summed E-state index contributed by atoms with van der Waals surface area (Å²) in [6.07, 6.45) is 5.11. The van der Waals surface area contributed by atoms with Crippen molar-refractivity contribution in [1.82, 2.24) is 9.80 Å². The van der Waals surface area contributed by atoms with E-state index in [4.69, 9.17) is 5.11 Å². The van der Waals surface area contributed by atoms with Gasteiger partial charge in [-0.15, -0.1) is 0 Å². The van der Waals surface area contributed by atoms with Gasteiger partial charge in [0.2, 0.25) is 11.8 Å². The number of carbonyl (C=O) groups excluding carboxylic acids is 2. The molecule has 2 atom stereocenters. The molecule has 6 heteroatoms. The zero-order valence-electron chi connectivity index (χ0n) is 12.9. The molecule has 1 N–H and O–H groups in total. The third-order valence-corrected chi connectivity index (χ3v) is 5.25. The fourth-order valence-corrected chi connectivity index (χ4v) is 3.68. The summed E-state index contributed by atoms with van der Waals surface area (Å²) < 4.78 is 0. The lowest BCUT2D eigenvalue weighted by molar-refractivity contribution is -0.142. The quantitative estimate of drug-likeness (QED) is 0.839. The molecule has 0 spiro atoms. The number of piperidine rings is 2. The third-order valence-electron chi connectivity index (χ3n) is 5.25. The Balaban J connectivity index is 1.43. The Morgan fingerprint density at radius 3 is 2.41 bits per heavy atom. The van der Waals surface area contributed by atoms with Crippen molar-refractivity contribution < 1.29 is 19.5 Å². The van der Waals surface area contributed by atoms with Gasteiger partial charge >= 0.3 is 5.97 Å².